The topological polar surface area (TPSA) is 77.8 Å². The molecule has 4 heteroatoms. The van der Waals surface area contributed by atoms with E-state index in [1.165, 1.54) is 25.7 Å². The molecule has 4 fully saturated rings. The van der Waals surface area contributed by atoms with E-state index in [1.807, 2.05) is 6.92 Å². The molecule has 4 saturated carbocycles. The molecule has 0 heterocycles. The van der Waals surface area contributed by atoms with E-state index in [2.05, 4.69) is 20.8 Å². The second kappa shape index (κ2) is 7.51. The van der Waals surface area contributed by atoms with Crippen LogP contribution in [0.3, 0.4) is 0 Å². The Hall–Kier alpha value is -0.610. The number of carboxylic acid groups (broad SMARTS) is 1. The number of carbonyl (C=O) groups is 1. The van der Waals surface area contributed by atoms with Crippen molar-refractivity contribution in [1.29, 1.82) is 0 Å². The summed E-state index contributed by atoms with van der Waals surface area (Å²) in [6, 6.07) is 0. The lowest BCUT2D eigenvalue weighted by atomic mass is 9.43. The molecular formula is C25H42O4. The first-order valence-electron chi connectivity index (χ1n) is 12.2. The summed E-state index contributed by atoms with van der Waals surface area (Å²) < 4.78 is 0. The van der Waals surface area contributed by atoms with Crippen LogP contribution in [0.2, 0.25) is 0 Å². The van der Waals surface area contributed by atoms with Crippen molar-refractivity contribution in [2.75, 3.05) is 0 Å². The van der Waals surface area contributed by atoms with Gasteiger partial charge in [0.2, 0.25) is 0 Å². The lowest BCUT2D eigenvalue weighted by Gasteiger charge is -2.62. The van der Waals surface area contributed by atoms with E-state index >= 15 is 0 Å². The minimum Gasteiger partial charge on any atom is -0.481 e. The van der Waals surface area contributed by atoms with Crippen LogP contribution < -0.4 is 0 Å². The van der Waals surface area contributed by atoms with Gasteiger partial charge >= 0.3 is 5.97 Å². The predicted molar refractivity (Wildman–Crippen MR) is 113 cm³/mol. The molecule has 29 heavy (non-hydrogen) atoms. The van der Waals surface area contributed by atoms with Gasteiger partial charge in [-0.3, -0.25) is 4.79 Å². The highest BCUT2D eigenvalue weighted by Crippen LogP contribution is 2.68. The van der Waals surface area contributed by atoms with Gasteiger partial charge in [0, 0.05) is 0 Å². The van der Waals surface area contributed by atoms with Gasteiger partial charge in [-0.2, -0.15) is 0 Å². The van der Waals surface area contributed by atoms with Crippen molar-refractivity contribution in [2.24, 2.45) is 52.3 Å². The third-order valence-electron chi connectivity index (χ3n) is 10.6. The quantitative estimate of drug-likeness (QED) is 0.631. The highest BCUT2D eigenvalue weighted by molar-refractivity contribution is 5.69. The fourth-order valence-electron chi connectivity index (χ4n) is 9.00. The van der Waals surface area contributed by atoms with Crippen LogP contribution in [0.15, 0.2) is 0 Å². The van der Waals surface area contributed by atoms with Crippen LogP contribution in [0, 0.1) is 52.3 Å². The van der Waals surface area contributed by atoms with Gasteiger partial charge in [-0.15, -0.1) is 0 Å². The lowest BCUT2D eigenvalue weighted by Crippen LogP contribution is -2.58. The Morgan fingerprint density at radius 1 is 0.966 bits per heavy atom. The first kappa shape index (κ1) is 21.6. The van der Waals surface area contributed by atoms with E-state index in [-0.39, 0.29) is 29.0 Å². The molecular weight excluding hydrogens is 364 g/mol. The first-order valence-corrected chi connectivity index (χ1v) is 12.2. The average Bonchev–Trinajstić information content (AvgIpc) is 3.00. The van der Waals surface area contributed by atoms with Crippen LogP contribution >= 0.6 is 0 Å². The molecule has 0 aliphatic heterocycles. The Morgan fingerprint density at radius 2 is 1.62 bits per heavy atom. The zero-order valence-electron chi connectivity index (χ0n) is 18.8. The van der Waals surface area contributed by atoms with Crippen molar-refractivity contribution in [3.63, 3.8) is 0 Å². The summed E-state index contributed by atoms with van der Waals surface area (Å²) in [5.41, 5.74) is 0.503. The van der Waals surface area contributed by atoms with Crippen molar-refractivity contribution in [1.82, 2.24) is 0 Å². The molecule has 4 nitrogen and oxygen atoms in total. The fraction of sp³-hybridized carbons (Fsp3) is 0.960. The zero-order valence-corrected chi connectivity index (χ0v) is 18.8. The maximum absolute atomic E-state index is 11.4. The van der Waals surface area contributed by atoms with Crippen LogP contribution in [0.5, 0.6) is 0 Å². The van der Waals surface area contributed by atoms with E-state index in [0.29, 0.717) is 35.5 Å². The summed E-state index contributed by atoms with van der Waals surface area (Å²) in [5.74, 6) is 2.02. The van der Waals surface area contributed by atoms with Crippen molar-refractivity contribution in [2.45, 2.75) is 97.7 Å². The molecule has 1 unspecified atom stereocenters. The van der Waals surface area contributed by atoms with Gasteiger partial charge in [-0.25, -0.2) is 0 Å². The molecule has 0 spiro atoms. The van der Waals surface area contributed by atoms with Gasteiger partial charge in [0.1, 0.15) is 0 Å². The SMILES string of the molecule is C[C@H](C[C@@H](C)[C@H]1CC[C@H]2[C@@H]3[C@@H](O)CC4C[C@@H](O)CC[C@]4(C)[C@H]3CC[C@]12C)C(=O)O. The number of aliphatic carboxylic acids is 1. The van der Waals surface area contributed by atoms with Gasteiger partial charge in [0.15, 0.2) is 0 Å². The fourth-order valence-corrected chi connectivity index (χ4v) is 9.00. The number of hydrogen-bond acceptors (Lipinski definition) is 3. The third-order valence-corrected chi connectivity index (χ3v) is 10.6. The maximum Gasteiger partial charge on any atom is 0.306 e. The minimum absolute atomic E-state index is 0.182. The van der Waals surface area contributed by atoms with E-state index in [0.717, 1.165) is 32.1 Å². The number of fused-ring (bicyclic) bond motifs is 5. The van der Waals surface area contributed by atoms with E-state index in [4.69, 9.17) is 0 Å². The number of carboxylic acids is 1. The Bertz CT molecular complexity index is 634. The second-order valence-corrected chi connectivity index (χ2v) is 11.9. The van der Waals surface area contributed by atoms with Gasteiger partial charge in [-0.1, -0.05) is 27.7 Å². The zero-order chi connectivity index (χ0) is 21.1. The number of aliphatic hydroxyl groups excluding tert-OH is 2. The molecule has 0 radical (unpaired) electrons. The summed E-state index contributed by atoms with van der Waals surface area (Å²) in [5, 5.41) is 30.9. The molecule has 0 aromatic carbocycles. The van der Waals surface area contributed by atoms with Gasteiger partial charge < -0.3 is 15.3 Å². The van der Waals surface area contributed by atoms with Crippen molar-refractivity contribution < 1.29 is 20.1 Å². The van der Waals surface area contributed by atoms with Crippen LogP contribution in [0.1, 0.15) is 85.5 Å². The molecule has 0 bridgehead atoms. The summed E-state index contributed by atoms with van der Waals surface area (Å²) in [4.78, 5) is 11.4. The largest absolute Gasteiger partial charge is 0.481 e. The van der Waals surface area contributed by atoms with Crippen molar-refractivity contribution >= 4 is 5.97 Å². The van der Waals surface area contributed by atoms with Crippen LogP contribution in [0.4, 0.5) is 0 Å². The molecule has 4 aliphatic rings. The molecule has 0 amide bonds. The average molecular weight is 407 g/mol. The van der Waals surface area contributed by atoms with Crippen LogP contribution in [-0.4, -0.2) is 33.5 Å². The van der Waals surface area contributed by atoms with Gasteiger partial charge in [0.05, 0.1) is 18.1 Å². The molecule has 4 rings (SSSR count). The van der Waals surface area contributed by atoms with Gasteiger partial charge in [-0.05, 0) is 104 Å². The molecule has 4 aliphatic carbocycles. The molecule has 166 valence electrons. The van der Waals surface area contributed by atoms with Crippen molar-refractivity contribution in [3.8, 4) is 0 Å². The summed E-state index contributed by atoms with van der Waals surface area (Å²) in [7, 11) is 0. The molecule has 0 aromatic heterocycles. The molecule has 0 aromatic rings. The van der Waals surface area contributed by atoms with E-state index < -0.39 is 5.97 Å². The Kier molecular flexibility index (Phi) is 5.60. The summed E-state index contributed by atoms with van der Waals surface area (Å²) >= 11 is 0. The first-order chi connectivity index (χ1) is 13.6. The minimum atomic E-state index is -0.679. The van der Waals surface area contributed by atoms with Gasteiger partial charge in [0.25, 0.3) is 0 Å². The Labute approximate surface area is 176 Å². The summed E-state index contributed by atoms with van der Waals surface area (Å²) in [6.07, 6.45) is 8.87. The molecule has 3 N–H and O–H groups in total. The molecule has 11 atom stereocenters. The predicted octanol–water partition coefficient (Wildman–Crippen LogP) is 4.72. The van der Waals surface area contributed by atoms with Crippen LogP contribution in [0.25, 0.3) is 0 Å². The third kappa shape index (κ3) is 3.37. The highest BCUT2D eigenvalue weighted by Gasteiger charge is 2.62. The molecule has 0 saturated heterocycles. The number of rotatable bonds is 4. The smallest absolute Gasteiger partial charge is 0.306 e. The Morgan fingerprint density at radius 3 is 2.31 bits per heavy atom. The standard InChI is InChI=1S/C25H42O4/c1-14(11-15(2)23(28)29)18-5-6-19-22-20(8-10-25(18,19)4)24(3)9-7-17(26)12-16(24)13-21(22)27/h14-22,26-27H,5-13H2,1-4H3,(H,28,29)/t14-,15-,16?,17+,18-,19+,20+,21+,22+,24+,25-/m1/s1. The van der Waals surface area contributed by atoms with E-state index in [9.17, 15) is 20.1 Å². The summed E-state index contributed by atoms with van der Waals surface area (Å²) in [6.45, 7) is 9.02. The highest BCUT2D eigenvalue weighted by atomic mass is 16.4. The normalized spacial score (nSPS) is 51.4. The Balaban J connectivity index is 1.56. The monoisotopic (exact) mass is 406 g/mol. The second-order valence-electron chi connectivity index (χ2n) is 11.9. The number of aliphatic hydroxyl groups is 2. The lowest BCUT2D eigenvalue weighted by molar-refractivity contribution is -0.174. The number of hydrogen-bond donors (Lipinski definition) is 3. The van der Waals surface area contributed by atoms with Crippen molar-refractivity contribution in [3.05, 3.63) is 0 Å². The maximum atomic E-state index is 11.4. The van der Waals surface area contributed by atoms with E-state index in [1.54, 1.807) is 0 Å². The van der Waals surface area contributed by atoms with Crippen LogP contribution in [-0.2, 0) is 4.79 Å².